The molecule has 5 aromatic rings. The van der Waals surface area contributed by atoms with E-state index in [1.165, 1.54) is 17.0 Å². The summed E-state index contributed by atoms with van der Waals surface area (Å²) in [5.41, 5.74) is 1.54. The highest BCUT2D eigenvalue weighted by atomic mass is 32.2. The van der Waals surface area contributed by atoms with E-state index in [1.807, 2.05) is 91.9 Å². The highest BCUT2D eigenvalue weighted by molar-refractivity contribution is 7.90. The molecule has 5 rings (SSSR count). The number of hydrogen-bond acceptors (Lipinski definition) is 4. The molecular formula is C34H30N2O4S. The second-order valence-electron chi connectivity index (χ2n) is 9.69. The molecule has 0 fully saturated rings. The van der Waals surface area contributed by atoms with Crippen molar-refractivity contribution < 1.29 is 18.0 Å². The molecule has 0 spiro atoms. The van der Waals surface area contributed by atoms with Crippen molar-refractivity contribution in [3.05, 3.63) is 127 Å². The highest BCUT2D eigenvalue weighted by Crippen LogP contribution is 2.23. The van der Waals surface area contributed by atoms with Gasteiger partial charge in [0.25, 0.3) is 10.0 Å². The summed E-state index contributed by atoms with van der Waals surface area (Å²) < 4.78 is 28.7. The van der Waals surface area contributed by atoms with Gasteiger partial charge >= 0.3 is 0 Å². The van der Waals surface area contributed by atoms with E-state index in [2.05, 4.69) is 4.72 Å². The second kappa shape index (κ2) is 12.2. The lowest BCUT2D eigenvalue weighted by Gasteiger charge is -2.25. The zero-order valence-electron chi connectivity index (χ0n) is 22.6. The normalized spacial score (nSPS) is 12.4. The zero-order chi connectivity index (χ0) is 28.8. The van der Waals surface area contributed by atoms with E-state index in [0.29, 0.717) is 12.2 Å². The van der Waals surface area contributed by atoms with Crippen LogP contribution in [0.2, 0.25) is 0 Å². The van der Waals surface area contributed by atoms with Gasteiger partial charge in [-0.25, -0.2) is 13.1 Å². The number of sulfonamides is 1. The molecule has 6 nitrogen and oxygen atoms in total. The molecule has 2 amide bonds. The summed E-state index contributed by atoms with van der Waals surface area (Å²) in [5.74, 6) is -2.61. The Morgan fingerprint density at radius 1 is 0.756 bits per heavy atom. The van der Waals surface area contributed by atoms with Crippen molar-refractivity contribution in [1.29, 1.82) is 0 Å². The summed E-state index contributed by atoms with van der Waals surface area (Å²) >= 11 is 0. The minimum absolute atomic E-state index is 0.0219. The third-order valence-corrected chi connectivity index (χ3v) is 8.33. The lowest BCUT2D eigenvalue weighted by molar-refractivity contribution is -0.132. The third kappa shape index (κ3) is 6.36. The third-order valence-electron chi connectivity index (χ3n) is 6.99. The predicted molar refractivity (Wildman–Crippen MR) is 165 cm³/mol. The molecule has 0 heterocycles. The van der Waals surface area contributed by atoms with Gasteiger partial charge in [0.2, 0.25) is 11.8 Å². The van der Waals surface area contributed by atoms with Gasteiger partial charge in [-0.1, -0.05) is 97.1 Å². The van der Waals surface area contributed by atoms with Crippen molar-refractivity contribution in [3.8, 4) is 0 Å². The molecule has 7 heteroatoms. The van der Waals surface area contributed by atoms with Crippen molar-refractivity contribution in [2.75, 3.05) is 11.4 Å². The molecule has 0 aliphatic carbocycles. The summed E-state index contributed by atoms with van der Waals surface area (Å²) in [7, 11) is -4.22. The first-order chi connectivity index (χ1) is 19.9. The van der Waals surface area contributed by atoms with E-state index >= 15 is 0 Å². The van der Waals surface area contributed by atoms with Crippen LogP contribution in [0.4, 0.5) is 5.69 Å². The van der Waals surface area contributed by atoms with Crippen molar-refractivity contribution in [3.63, 3.8) is 0 Å². The molecule has 0 aliphatic rings. The molecule has 206 valence electrons. The van der Waals surface area contributed by atoms with Crippen LogP contribution in [0.1, 0.15) is 18.9 Å². The van der Waals surface area contributed by atoms with Gasteiger partial charge in [-0.15, -0.1) is 0 Å². The quantitative estimate of drug-likeness (QED) is 0.206. The van der Waals surface area contributed by atoms with Crippen LogP contribution >= 0.6 is 0 Å². The number of rotatable bonds is 9. The Bertz CT molecular complexity index is 1850. The van der Waals surface area contributed by atoms with Crippen LogP contribution in [0.5, 0.6) is 0 Å². The van der Waals surface area contributed by atoms with E-state index in [-0.39, 0.29) is 11.3 Å². The number of amides is 2. The molecule has 5 aromatic carbocycles. The monoisotopic (exact) mass is 562 g/mol. The Hall–Kier alpha value is -4.75. The zero-order valence-corrected chi connectivity index (χ0v) is 23.4. The van der Waals surface area contributed by atoms with Crippen LogP contribution in [-0.4, -0.2) is 26.8 Å². The summed E-state index contributed by atoms with van der Waals surface area (Å²) in [4.78, 5) is 28.8. The highest BCUT2D eigenvalue weighted by Gasteiger charge is 2.33. The number of allylic oxidation sites excluding steroid dienone is 1. The molecule has 1 unspecified atom stereocenters. The number of para-hydroxylation sites is 1. The average Bonchev–Trinajstić information content (AvgIpc) is 2.99. The Balaban J connectivity index is 1.42. The number of anilines is 1. The molecule has 1 N–H and O–H groups in total. The molecule has 0 aromatic heterocycles. The van der Waals surface area contributed by atoms with E-state index in [1.54, 1.807) is 30.3 Å². The lowest BCUT2D eigenvalue weighted by atomic mass is 10.0. The van der Waals surface area contributed by atoms with Gasteiger partial charge in [-0.05, 0) is 70.8 Å². The first-order valence-electron chi connectivity index (χ1n) is 13.4. The maximum absolute atomic E-state index is 13.8. The first-order valence-corrected chi connectivity index (χ1v) is 14.9. The fraction of sp³-hybridized carbons (Fsp3) is 0.118. The van der Waals surface area contributed by atoms with Crippen LogP contribution in [0.3, 0.4) is 0 Å². The fourth-order valence-corrected chi connectivity index (χ4v) is 5.88. The van der Waals surface area contributed by atoms with Gasteiger partial charge in [0.15, 0.2) is 0 Å². The minimum Gasteiger partial charge on any atom is -0.312 e. The van der Waals surface area contributed by atoms with Crippen LogP contribution in [0, 0.1) is 5.92 Å². The molecule has 0 aliphatic heterocycles. The largest absolute Gasteiger partial charge is 0.312 e. The fourth-order valence-electron chi connectivity index (χ4n) is 4.83. The standard InChI is InChI=1S/C34H30N2O4S/c1-2-36(30-16-4-3-5-17-30)34(38)32(18-10-11-25-19-20-26-12-6-8-14-28(26)23-25)33(37)35-41(39,40)31-22-21-27-13-7-9-15-29(27)24-31/h3-17,19-24,32H,2,18H2,1H3,(H,35,37)/b11-10+. The van der Waals surface area contributed by atoms with E-state index < -0.39 is 27.8 Å². The predicted octanol–water partition coefficient (Wildman–Crippen LogP) is 6.57. The number of benzene rings is 5. The smallest absolute Gasteiger partial charge is 0.264 e. The SMILES string of the molecule is CCN(C(=O)C(C/C=C/c1ccc2ccccc2c1)C(=O)NS(=O)(=O)c1ccc2ccccc2c1)c1ccccc1. The van der Waals surface area contributed by atoms with E-state index in [9.17, 15) is 18.0 Å². The molecule has 0 radical (unpaired) electrons. The van der Waals surface area contributed by atoms with Crippen molar-refractivity contribution in [2.45, 2.75) is 18.2 Å². The van der Waals surface area contributed by atoms with E-state index in [0.717, 1.165) is 27.1 Å². The van der Waals surface area contributed by atoms with Crippen LogP contribution in [-0.2, 0) is 19.6 Å². The Labute approximate surface area is 240 Å². The lowest BCUT2D eigenvalue weighted by Crippen LogP contribution is -2.45. The Morgan fingerprint density at radius 2 is 1.34 bits per heavy atom. The van der Waals surface area contributed by atoms with Crippen molar-refractivity contribution in [1.82, 2.24) is 4.72 Å². The van der Waals surface area contributed by atoms with Crippen LogP contribution in [0.25, 0.3) is 27.6 Å². The molecular weight excluding hydrogens is 532 g/mol. The minimum atomic E-state index is -4.22. The van der Waals surface area contributed by atoms with Crippen molar-refractivity contribution in [2.24, 2.45) is 5.92 Å². The number of fused-ring (bicyclic) bond motifs is 2. The summed E-state index contributed by atoms with van der Waals surface area (Å²) in [6.07, 6.45) is 3.61. The van der Waals surface area contributed by atoms with Crippen molar-refractivity contribution >= 4 is 55.1 Å². The molecule has 1 atom stereocenters. The van der Waals surface area contributed by atoms with Crippen LogP contribution < -0.4 is 9.62 Å². The summed E-state index contributed by atoms with van der Waals surface area (Å²) in [6.45, 7) is 2.13. The Morgan fingerprint density at radius 3 is 2.00 bits per heavy atom. The van der Waals surface area contributed by atoms with Gasteiger partial charge in [0.05, 0.1) is 4.90 Å². The van der Waals surface area contributed by atoms with Gasteiger partial charge in [-0.3, -0.25) is 9.59 Å². The number of nitrogens with one attached hydrogen (secondary N) is 1. The molecule has 0 saturated heterocycles. The maximum atomic E-state index is 13.8. The number of carbonyl (C=O) groups excluding carboxylic acids is 2. The number of carbonyl (C=O) groups is 2. The average molecular weight is 563 g/mol. The summed E-state index contributed by atoms with van der Waals surface area (Å²) in [6, 6.07) is 35.0. The van der Waals surface area contributed by atoms with Gasteiger partial charge in [0, 0.05) is 12.2 Å². The summed E-state index contributed by atoms with van der Waals surface area (Å²) in [5, 5.41) is 3.79. The van der Waals surface area contributed by atoms with E-state index in [4.69, 9.17) is 0 Å². The van der Waals surface area contributed by atoms with Gasteiger partial charge < -0.3 is 4.90 Å². The van der Waals surface area contributed by atoms with Gasteiger partial charge in [0.1, 0.15) is 5.92 Å². The molecule has 0 bridgehead atoms. The van der Waals surface area contributed by atoms with Crippen LogP contribution in [0.15, 0.2) is 126 Å². The topological polar surface area (TPSA) is 83.6 Å². The molecule has 0 saturated carbocycles. The molecule has 41 heavy (non-hydrogen) atoms. The maximum Gasteiger partial charge on any atom is 0.264 e. The second-order valence-corrected chi connectivity index (χ2v) is 11.4. The van der Waals surface area contributed by atoms with Gasteiger partial charge in [-0.2, -0.15) is 0 Å². The first kappa shape index (κ1) is 27.8. The number of hydrogen-bond donors (Lipinski definition) is 1. The Kier molecular flexibility index (Phi) is 8.26. The number of nitrogens with zero attached hydrogens (tertiary/aromatic N) is 1.